The van der Waals surface area contributed by atoms with E-state index in [0.29, 0.717) is 0 Å². The van der Waals surface area contributed by atoms with Gasteiger partial charge in [-0.1, -0.05) is 0 Å². The normalized spacial score (nSPS) is 10.8. The van der Waals surface area contributed by atoms with E-state index >= 15 is 0 Å². The molecule has 6 heteroatoms. The van der Waals surface area contributed by atoms with Crippen molar-refractivity contribution in [2.45, 2.75) is 19.6 Å². The van der Waals surface area contributed by atoms with Gasteiger partial charge in [-0.3, -0.25) is 0 Å². The number of thioether (sulfide) groups is 4. The van der Waals surface area contributed by atoms with Crippen LogP contribution in [0.5, 0.6) is 11.5 Å². The van der Waals surface area contributed by atoms with E-state index in [4.69, 9.17) is 0 Å². The molecule has 0 aromatic heterocycles. The van der Waals surface area contributed by atoms with Crippen LogP contribution in [0.25, 0.3) is 0 Å². The van der Waals surface area contributed by atoms with Crippen molar-refractivity contribution in [1.82, 2.24) is 0 Å². The molecule has 0 unspecified atom stereocenters. The maximum absolute atomic E-state index is 10.2. The summed E-state index contributed by atoms with van der Waals surface area (Å²) < 4.78 is 0. The fraction of sp³-hybridized carbons (Fsp3) is 0.400. The van der Waals surface area contributed by atoms with Gasteiger partial charge < -0.3 is 10.2 Å². The zero-order valence-corrected chi connectivity index (χ0v) is 12.8. The smallest absolute Gasteiger partial charge is 0.145 e. The van der Waals surface area contributed by atoms with Crippen molar-refractivity contribution in [2.24, 2.45) is 0 Å². The lowest BCUT2D eigenvalue weighted by Gasteiger charge is -2.16. The highest BCUT2D eigenvalue weighted by Gasteiger charge is 2.21. The first kappa shape index (κ1) is 14.3. The van der Waals surface area contributed by atoms with Gasteiger partial charge in [0.15, 0.2) is 0 Å². The average Bonchev–Trinajstić information content (AvgIpc) is 2.30. The topological polar surface area (TPSA) is 40.5 Å². The monoisotopic (exact) mass is 294 g/mol. The minimum atomic E-state index is 0.284. The third kappa shape index (κ3) is 2.39. The molecule has 0 amide bonds. The number of benzene rings is 1. The second-order valence-corrected chi connectivity index (χ2v) is 6.10. The highest BCUT2D eigenvalue weighted by atomic mass is 32.2. The average molecular weight is 294 g/mol. The lowest BCUT2D eigenvalue weighted by molar-refractivity contribution is 0.410. The zero-order chi connectivity index (χ0) is 12.3. The van der Waals surface area contributed by atoms with Gasteiger partial charge in [0.2, 0.25) is 0 Å². The summed E-state index contributed by atoms with van der Waals surface area (Å²) in [5.74, 6) is 0.568. The van der Waals surface area contributed by atoms with E-state index in [-0.39, 0.29) is 11.5 Å². The van der Waals surface area contributed by atoms with Crippen LogP contribution in [0.4, 0.5) is 0 Å². The van der Waals surface area contributed by atoms with E-state index in [9.17, 15) is 10.2 Å². The molecule has 2 nitrogen and oxygen atoms in total. The number of aromatic hydroxyl groups is 2. The lowest BCUT2D eigenvalue weighted by Crippen LogP contribution is -1.88. The molecule has 1 aromatic rings. The summed E-state index contributed by atoms with van der Waals surface area (Å²) in [5.41, 5.74) is 0. The van der Waals surface area contributed by atoms with Crippen LogP contribution in [0.1, 0.15) is 0 Å². The van der Waals surface area contributed by atoms with Crippen LogP contribution in [0.15, 0.2) is 19.6 Å². The summed E-state index contributed by atoms with van der Waals surface area (Å²) in [6, 6.07) is 0. The van der Waals surface area contributed by atoms with Gasteiger partial charge in [-0.15, -0.1) is 47.0 Å². The quantitative estimate of drug-likeness (QED) is 0.646. The maximum Gasteiger partial charge on any atom is 0.145 e. The molecule has 0 saturated heterocycles. The Kier molecular flexibility index (Phi) is 5.56. The van der Waals surface area contributed by atoms with Crippen molar-refractivity contribution in [2.75, 3.05) is 25.0 Å². The van der Waals surface area contributed by atoms with Crippen molar-refractivity contribution >= 4 is 47.0 Å². The second kappa shape index (κ2) is 6.23. The molecule has 0 bridgehead atoms. The third-order valence-corrected chi connectivity index (χ3v) is 5.57. The van der Waals surface area contributed by atoms with E-state index in [2.05, 4.69) is 0 Å². The Bertz CT molecular complexity index is 323. The third-order valence-electron chi connectivity index (χ3n) is 2.09. The predicted octanol–water partition coefficient (Wildman–Crippen LogP) is 3.99. The van der Waals surface area contributed by atoms with Gasteiger partial charge in [-0.2, -0.15) is 0 Å². The van der Waals surface area contributed by atoms with Crippen LogP contribution in [-0.4, -0.2) is 35.2 Å². The van der Waals surface area contributed by atoms with Crippen molar-refractivity contribution in [3.8, 4) is 11.5 Å². The minimum absolute atomic E-state index is 0.284. The van der Waals surface area contributed by atoms with E-state index in [1.54, 1.807) is 0 Å². The van der Waals surface area contributed by atoms with Gasteiger partial charge >= 0.3 is 0 Å². The molecule has 0 aliphatic rings. The summed E-state index contributed by atoms with van der Waals surface area (Å²) in [6.07, 6.45) is 7.60. The SMILES string of the molecule is CSc1c(O)c(SC)c(SC)c(O)c1SC. The van der Waals surface area contributed by atoms with Crippen molar-refractivity contribution in [3.05, 3.63) is 0 Å². The Morgan fingerprint density at radius 2 is 0.750 bits per heavy atom. The van der Waals surface area contributed by atoms with Crippen LogP contribution in [-0.2, 0) is 0 Å². The molecule has 0 spiro atoms. The Morgan fingerprint density at radius 3 is 0.875 bits per heavy atom. The predicted molar refractivity (Wildman–Crippen MR) is 76.9 cm³/mol. The zero-order valence-electron chi connectivity index (χ0n) is 9.53. The summed E-state index contributed by atoms with van der Waals surface area (Å²) in [6.45, 7) is 0. The van der Waals surface area contributed by atoms with E-state index in [1.807, 2.05) is 25.0 Å². The highest BCUT2D eigenvalue weighted by molar-refractivity contribution is 8.03. The van der Waals surface area contributed by atoms with Crippen molar-refractivity contribution in [3.63, 3.8) is 0 Å². The first-order valence-corrected chi connectivity index (χ1v) is 9.30. The molecule has 0 heterocycles. The van der Waals surface area contributed by atoms with Crippen molar-refractivity contribution in [1.29, 1.82) is 0 Å². The Morgan fingerprint density at radius 1 is 0.562 bits per heavy atom. The largest absolute Gasteiger partial charge is 0.506 e. The van der Waals surface area contributed by atoms with Gasteiger partial charge in [-0.25, -0.2) is 0 Å². The van der Waals surface area contributed by atoms with Gasteiger partial charge in [-0.05, 0) is 25.0 Å². The summed E-state index contributed by atoms with van der Waals surface area (Å²) in [5, 5.41) is 20.3. The number of phenolic OH excluding ortho intramolecular Hbond substituents is 2. The van der Waals surface area contributed by atoms with Crippen LogP contribution in [0, 0.1) is 0 Å². The molecule has 0 fully saturated rings. The summed E-state index contributed by atoms with van der Waals surface area (Å²) >= 11 is 5.82. The van der Waals surface area contributed by atoms with Gasteiger partial charge in [0.25, 0.3) is 0 Å². The molecule has 1 aromatic carbocycles. The van der Waals surface area contributed by atoms with Crippen LogP contribution in [0.2, 0.25) is 0 Å². The first-order chi connectivity index (χ1) is 7.62. The molecule has 1 rings (SSSR count). The van der Waals surface area contributed by atoms with Crippen molar-refractivity contribution < 1.29 is 10.2 Å². The van der Waals surface area contributed by atoms with E-state index < -0.39 is 0 Å². The molecule has 16 heavy (non-hydrogen) atoms. The Hall–Kier alpha value is 0.220. The van der Waals surface area contributed by atoms with E-state index in [0.717, 1.165) is 19.6 Å². The van der Waals surface area contributed by atoms with Crippen LogP contribution >= 0.6 is 47.0 Å². The highest BCUT2D eigenvalue weighted by Crippen LogP contribution is 2.52. The van der Waals surface area contributed by atoms with Crippen LogP contribution < -0.4 is 0 Å². The molecule has 0 aliphatic carbocycles. The molecular weight excluding hydrogens is 280 g/mol. The lowest BCUT2D eigenvalue weighted by atomic mass is 10.3. The fourth-order valence-corrected chi connectivity index (χ4v) is 4.83. The Labute approximate surface area is 113 Å². The minimum Gasteiger partial charge on any atom is -0.506 e. The second-order valence-electron chi connectivity index (χ2n) is 2.83. The molecule has 90 valence electrons. The van der Waals surface area contributed by atoms with E-state index in [1.165, 1.54) is 47.0 Å². The fourth-order valence-electron chi connectivity index (χ4n) is 1.39. The number of hydrogen-bond acceptors (Lipinski definition) is 6. The molecule has 2 N–H and O–H groups in total. The summed E-state index contributed by atoms with van der Waals surface area (Å²) in [4.78, 5) is 3.03. The number of hydrogen-bond donors (Lipinski definition) is 2. The first-order valence-electron chi connectivity index (χ1n) is 4.40. The number of rotatable bonds is 4. The summed E-state index contributed by atoms with van der Waals surface area (Å²) in [7, 11) is 0. The standard InChI is InChI=1S/C10H14O2S4/c1-13-7-5(11)9(15-3)10(16-4)6(12)8(7)14-2/h11-12H,1-4H3. The molecular formula is C10H14O2S4. The maximum atomic E-state index is 10.2. The molecule has 0 saturated carbocycles. The van der Waals surface area contributed by atoms with Gasteiger partial charge in [0, 0.05) is 0 Å². The molecule has 0 atom stereocenters. The van der Waals surface area contributed by atoms with Gasteiger partial charge in [0.1, 0.15) is 11.5 Å². The molecule has 0 aliphatic heterocycles. The Balaban J connectivity index is 3.60. The van der Waals surface area contributed by atoms with Gasteiger partial charge in [0.05, 0.1) is 19.6 Å². The van der Waals surface area contributed by atoms with Crippen LogP contribution in [0.3, 0.4) is 0 Å². The number of phenols is 2. The molecule has 0 radical (unpaired) electrons.